The highest BCUT2D eigenvalue weighted by Crippen LogP contribution is 2.32. The maximum absolute atomic E-state index is 6.80. The molecule has 0 fully saturated rings. The second-order valence-corrected chi connectivity index (χ2v) is 4.76. The molecule has 0 amide bonds. The van der Waals surface area contributed by atoms with E-state index in [1.54, 1.807) is 6.20 Å². The standard InChI is InChI=1S/C18H16N2/c19-18(15-9-3-1-4-10-15,16-11-5-2-6-12-16)17-13-7-8-14-20-17/h1-14H,19H2. The summed E-state index contributed by atoms with van der Waals surface area (Å²) in [7, 11) is 0. The molecule has 0 atom stereocenters. The van der Waals surface area contributed by atoms with Crippen molar-refractivity contribution in [3.63, 3.8) is 0 Å². The van der Waals surface area contributed by atoms with Gasteiger partial charge in [-0.3, -0.25) is 4.98 Å². The summed E-state index contributed by atoms with van der Waals surface area (Å²) in [6.07, 6.45) is 1.78. The van der Waals surface area contributed by atoms with Crippen LogP contribution in [0, 0.1) is 0 Å². The Morgan fingerprint density at radius 3 is 1.60 bits per heavy atom. The predicted octanol–water partition coefficient (Wildman–Crippen LogP) is 3.33. The molecule has 0 saturated carbocycles. The van der Waals surface area contributed by atoms with Crippen molar-refractivity contribution in [1.29, 1.82) is 0 Å². The Kier molecular flexibility index (Phi) is 3.32. The Labute approximate surface area is 118 Å². The van der Waals surface area contributed by atoms with Crippen LogP contribution in [0.4, 0.5) is 0 Å². The molecular weight excluding hydrogens is 244 g/mol. The second kappa shape index (κ2) is 5.27. The molecule has 0 radical (unpaired) electrons. The predicted molar refractivity (Wildman–Crippen MR) is 81.2 cm³/mol. The van der Waals surface area contributed by atoms with E-state index in [4.69, 9.17) is 5.73 Å². The molecule has 1 aromatic heterocycles. The third kappa shape index (κ3) is 2.10. The van der Waals surface area contributed by atoms with E-state index in [2.05, 4.69) is 4.98 Å². The van der Waals surface area contributed by atoms with Crippen LogP contribution in [-0.2, 0) is 5.54 Å². The van der Waals surface area contributed by atoms with Crippen molar-refractivity contribution in [3.05, 3.63) is 102 Å². The molecule has 20 heavy (non-hydrogen) atoms. The van der Waals surface area contributed by atoms with E-state index in [1.165, 1.54) is 0 Å². The van der Waals surface area contributed by atoms with Gasteiger partial charge in [0.2, 0.25) is 0 Å². The number of hydrogen-bond donors (Lipinski definition) is 1. The van der Waals surface area contributed by atoms with Gasteiger partial charge in [0, 0.05) is 6.20 Å². The van der Waals surface area contributed by atoms with Gasteiger partial charge in [0.15, 0.2) is 0 Å². The zero-order chi connectivity index (χ0) is 13.8. The van der Waals surface area contributed by atoms with E-state index < -0.39 is 5.54 Å². The van der Waals surface area contributed by atoms with Gasteiger partial charge in [-0.05, 0) is 23.3 Å². The van der Waals surface area contributed by atoms with Crippen molar-refractivity contribution < 1.29 is 0 Å². The molecule has 2 nitrogen and oxygen atoms in total. The zero-order valence-corrected chi connectivity index (χ0v) is 11.1. The molecule has 1 heterocycles. The summed E-state index contributed by atoms with van der Waals surface area (Å²) in [6.45, 7) is 0. The topological polar surface area (TPSA) is 38.9 Å². The Morgan fingerprint density at radius 1 is 0.650 bits per heavy atom. The lowest BCUT2D eigenvalue weighted by molar-refractivity contribution is 0.629. The van der Waals surface area contributed by atoms with Gasteiger partial charge in [-0.2, -0.15) is 0 Å². The summed E-state index contributed by atoms with van der Waals surface area (Å²) >= 11 is 0. The SMILES string of the molecule is NC(c1ccccc1)(c1ccccc1)c1ccccn1. The van der Waals surface area contributed by atoms with Crippen LogP contribution in [0.3, 0.4) is 0 Å². The number of aromatic nitrogens is 1. The lowest BCUT2D eigenvalue weighted by Crippen LogP contribution is -2.40. The third-order valence-electron chi connectivity index (χ3n) is 3.53. The Bertz CT molecular complexity index is 567. The quantitative estimate of drug-likeness (QED) is 0.784. The van der Waals surface area contributed by atoms with Gasteiger partial charge in [0.25, 0.3) is 0 Å². The minimum Gasteiger partial charge on any atom is -0.313 e. The largest absolute Gasteiger partial charge is 0.313 e. The van der Waals surface area contributed by atoms with Crippen LogP contribution in [0.2, 0.25) is 0 Å². The van der Waals surface area contributed by atoms with E-state index in [0.717, 1.165) is 16.8 Å². The average Bonchev–Trinajstić information content (AvgIpc) is 2.56. The van der Waals surface area contributed by atoms with E-state index in [9.17, 15) is 0 Å². The molecule has 0 aliphatic rings. The van der Waals surface area contributed by atoms with Gasteiger partial charge < -0.3 is 5.73 Å². The monoisotopic (exact) mass is 260 g/mol. The molecule has 0 saturated heterocycles. The zero-order valence-electron chi connectivity index (χ0n) is 11.1. The van der Waals surface area contributed by atoms with Crippen LogP contribution in [0.25, 0.3) is 0 Å². The first-order valence-electron chi connectivity index (χ1n) is 6.63. The number of nitrogens with two attached hydrogens (primary N) is 1. The van der Waals surface area contributed by atoms with E-state index in [-0.39, 0.29) is 0 Å². The fraction of sp³-hybridized carbons (Fsp3) is 0.0556. The highest BCUT2D eigenvalue weighted by molar-refractivity contribution is 5.46. The van der Waals surface area contributed by atoms with Gasteiger partial charge in [-0.15, -0.1) is 0 Å². The van der Waals surface area contributed by atoms with E-state index in [1.807, 2.05) is 78.9 Å². The molecule has 0 unspecified atom stereocenters. The van der Waals surface area contributed by atoms with Gasteiger partial charge in [0.05, 0.1) is 5.69 Å². The Hall–Kier alpha value is -2.45. The summed E-state index contributed by atoms with van der Waals surface area (Å²) in [4.78, 5) is 4.48. The lowest BCUT2D eigenvalue weighted by Gasteiger charge is -2.30. The smallest absolute Gasteiger partial charge is 0.109 e. The highest BCUT2D eigenvalue weighted by atomic mass is 14.8. The Morgan fingerprint density at radius 2 is 1.15 bits per heavy atom. The molecule has 0 aliphatic carbocycles. The van der Waals surface area contributed by atoms with Crippen LogP contribution >= 0.6 is 0 Å². The molecule has 0 aliphatic heterocycles. The molecule has 98 valence electrons. The maximum Gasteiger partial charge on any atom is 0.109 e. The normalized spacial score (nSPS) is 11.2. The summed E-state index contributed by atoms with van der Waals surface area (Å²) in [6, 6.07) is 26.0. The second-order valence-electron chi connectivity index (χ2n) is 4.76. The molecule has 3 aromatic rings. The highest BCUT2D eigenvalue weighted by Gasteiger charge is 2.32. The summed E-state index contributed by atoms with van der Waals surface area (Å²) < 4.78 is 0. The van der Waals surface area contributed by atoms with Crippen molar-refractivity contribution in [3.8, 4) is 0 Å². The van der Waals surface area contributed by atoms with Crippen molar-refractivity contribution in [2.75, 3.05) is 0 Å². The number of rotatable bonds is 3. The molecular formula is C18H16N2. The van der Waals surface area contributed by atoms with Crippen molar-refractivity contribution in [2.45, 2.75) is 5.54 Å². The van der Waals surface area contributed by atoms with Crippen LogP contribution in [-0.4, -0.2) is 4.98 Å². The van der Waals surface area contributed by atoms with Crippen LogP contribution in [0.5, 0.6) is 0 Å². The average molecular weight is 260 g/mol. The van der Waals surface area contributed by atoms with Crippen molar-refractivity contribution >= 4 is 0 Å². The fourth-order valence-corrected chi connectivity index (χ4v) is 2.46. The van der Waals surface area contributed by atoms with Gasteiger partial charge in [-0.25, -0.2) is 0 Å². The fourth-order valence-electron chi connectivity index (χ4n) is 2.46. The molecule has 0 spiro atoms. The number of benzene rings is 2. The minimum atomic E-state index is -0.732. The number of hydrogen-bond acceptors (Lipinski definition) is 2. The van der Waals surface area contributed by atoms with Crippen LogP contribution in [0.15, 0.2) is 85.1 Å². The molecule has 2 aromatic carbocycles. The van der Waals surface area contributed by atoms with E-state index in [0.29, 0.717) is 0 Å². The van der Waals surface area contributed by atoms with Gasteiger partial charge >= 0.3 is 0 Å². The first-order chi connectivity index (χ1) is 9.82. The van der Waals surface area contributed by atoms with Gasteiger partial charge in [-0.1, -0.05) is 66.7 Å². The van der Waals surface area contributed by atoms with Gasteiger partial charge in [0.1, 0.15) is 5.54 Å². The molecule has 3 rings (SSSR count). The minimum absolute atomic E-state index is 0.732. The first kappa shape index (κ1) is 12.6. The third-order valence-corrected chi connectivity index (χ3v) is 3.53. The maximum atomic E-state index is 6.80. The van der Waals surface area contributed by atoms with Crippen LogP contribution in [0.1, 0.15) is 16.8 Å². The molecule has 0 bridgehead atoms. The number of nitrogens with zero attached hydrogens (tertiary/aromatic N) is 1. The first-order valence-corrected chi connectivity index (χ1v) is 6.63. The summed E-state index contributed by atoms with van der Waals surface area (Å²) in [5.41, 5.74) is 8.98. The van der Waals surface area contributed by atoms with E-state index >= 15 is 0 Å². The Balaban J connectivity index is 2.24. The van der Waals surface area contributed by atoms with Crippen molar-refractivity contribution in [1.82, 2.24) is 4.98 Å². The lowest BCUT2D eigenvalue weighted by atomic mass is 9.81. The molecule has 2 heteroatoms. The number of pyridine rings is 1. The van der Waals surface area contributed by atoms with Crippen LogP contribution < -0.4 is 5.73 Å². The molecule has 2 N–H and O–H groups in total. The summed E-state index contributed by atoms with van der Waals surface area (Å²) in [5.74, 6) is 0. The van der Waals surface area contributed by atoms with Crippen molar-refractivity contribution in [2.24, 2.45) is 5.73 Å². The summed E-state index contributed by atoms with van der Waals surface area (Å²) in [5, 5.41) is 0.